The second-order valence-electron chi connectivity index (χ2n) is 8.05. The molecule has 3 aromatic heterocycles. The molecule has 0 aliphatic rings. The van der Waals surface area contributed by atoms with Gasteiger partial charge in [0.1, 0.15) is 11.2 Å². The summed E-state index contributed by atoms with van der Waals surface area (Å²) in [5, 5.41) is 4.73. The first-order valence-corrected chi connectivity index (χ1v) is 10.7. The van der Waals surface area contributed by atoms with Crippen LogP contribution in [0.25, 0.3) is 60.7 Å². The maximum atomic E-state index is 6.45. The van der Waals surface area contributed by atoms with E-state index in [-0.39, 0.29) is 0 Å². The van der Waals surface area contributed by atoms with Crippen LogP contribution in [0.3, 0.4) is 0 Å². The van der Waals surface area contributed by atoms with Crippen LogP contribution in [-0.4, -0.2) is 9.55 Å². The number of pyridine rings is 1. The third kappa shape index (κ3) is 2.39. The molecular weight excluding hydrogens is 392 g/mol. The van der Waals surface area contributed by atoms with Gasteiger partial charge in [-0.2, -0.15) is 0 Å². The van der Waals surface area contributed by atoms with Gasteiger partial charge in [0.15, 0.2) is 0 Å². The van der Waals surface area contributed by atoms with Gasteiger partial charge in [0.2, 0.25) is 0 Å². The first kappa shape index (κ1) is 17.3. The van der Waals surface area contributed by atoms with Crippen molar-refractivity contribution in [3.63, 3.8) is 0 Å². The lowest BCUT2D eigenvalue weighted by Crippen LogP contribution is -1.93. The van der Waals surface area contributed by atoms with Gasteiger partial charge in [-0.1, -0.05) is 54.6 Å². The second kappa shape index (κ2) is 6.56. The molecule has 3 nitrogen and oxygen atoms in total. The number of hydrogen-bond acceptors (Lipinski definition) is 2. The van der Waals surface area contributed by atoms with E-state index in [1.807, 2.05) is 24.4 Å². The molecule has 150 valence electrons. The normalized spacial score (nSPS) is 11.8. The number of para-hydroxylation sites is 3. The minimum Gasteiger partial charge on any atom is -0.455 e. The highest BCUT2D eigenvalue weighted by molar-refractivity contribution is 6.11. The Hall–Kier alpha value is -4.37. The average molecular weight is 410 g/mol. The van der Waals surface area contributed by atoms with Crippen molar-refractivity contribution >= 4 is 43.7 Å². The second-order valence-corrected chi connectivity index (χ2v) is 8.05. The molecular formula is C29H18N2O. The van der Waals surface area contributed by atoms with Gasteiger partial charge >= 0.3 is 0 Å². The summed E-state index contributed by atoms with van der Waals surface area (Å²) in [6.45, 7) is 0. The number of aromatic nitrogens is 2. The molecule has 32 heavy (non-hydrogen) atoms. The number of nitrogens with zero attached hydrogens (tertiary/aromatic N) is 2. The van der Waals surface area contributed by atoms with Gasteiger partial charge in [0.05, 0.1) is 16.7 Å². The fraction of sp³-hybridized carbons (Fsp3) is 0. The summed E-state index contributed by atoms with van der Waals surface area (Å²) in [4.78, 5) is 4.53. The smallest absolute Gasteiger partial charge is 0.144 e. The van der Waals surface area contributed by atoms with E-state index in [4.69, 9.17) is 4.42 Å². The summed E-state index contributed by atoms with van der Waals surface area (Å²) in [7, 11) is 0. The fourth-order valence-electron chi connectivity index (χ4n) is 4.85. The van der Waals surface area contributed by atoms with Gasteiger partial charge in [-0.3, -0.25) is 4.98 Å². The number of hydrogen-bond donors (Lipinski definition) is 0. The van der Waals surface area contributed by atoms with Crippen molar-refractivity contribution in [1.29, 1.82) is 0 Å². The Morgan fingerprint density at radius 1 is 0.594 bits per heavy atom. The van der Waals surface area contributed by atoms with Crippen molar-refractivity contribution in [2.75, 3.05) is 0 Å². The van der Waals surface area contributed by atoms with Gasteiger partial charge in [-0.05, 0) is 42.5 Å². The molecule has 3 heterocycles. The largest absolute Gasteiger partial charge is 0.455 e. The molecule has 0 aliphatic heterocycles. The number of rotatable bonds is 2. The van der Waals surface area contributed by atoms with Gasteiger partial charge in [0, 0.05) is 45.1 Å². The molecule has 0 aliphatic carbocycles. The molecule has 7 aromatic rings. The average Bonchev–Trinajstić information content (AvgIpc) is 3.40. The van der Waals surface area contributed by atoms with Gasteiger partial charge in [0.25, 0.3) is 0 Å². The molecule has 0 fully saturated rings. The summed E-state index contributed by atoms with van der Waals surface area (Å²) in [6.07, 6.45) is 1.82. The summed E-state index contributed by atoms with van der Waals surface area (Å²) in [5.74, 6) is 0. The number of furan rings is 1. The molecule has 0 unspecified atom stereocenters. The van der Waals surface area contributed by atoms with Gasteiger partial charge in [-0.15, -0.1) is 0 Å². The highest BCUT2D eigenvalue weighted by atomic mass is 16.3. The molecule has 0 radical (unpaired) electrons. The summed E-state index contributed by atoms with van der Waals surface area (Å²) < 4.78 is 8.76. The van der Waals surface area contributed by atoms with E-state index in [0.717, 1.165) is 38.9 Å². The minimum atomic E-state index is 0.876. The Morgan fingerprint density at radius 2 is 1.31 bits per heavy atom. The molecule has 0 atom stereocenters. The van der Waals surface area contributed by atoms with Crippen LogP contribution in [0.2, 0.25) is 0 Å². The van der Waals surface area contributed by atoms with E-state index in [1.165, 1.54) is 21.8 Å². The Bertz CT molecular complexity index is 1720. The highest BCUT2D eigenvalue weighted by Crippen LogP contribution is 2.37. The van der Waals surface area contributed by atoms with E-state index in [1.54, 1.807) is 0 Å². The molecule has 3 heteroatoms. The van der Waals surface area contributed by atoms with Crippen LogP contribution in [0.15, 0.2) is 114 Å². The quantitative estimate of drug-likeness (QED) is 0.292. The zero-order chi connectivity index (χ0) is 21.1. The van der Waals surface area contributed by atoms with Crippen LogP contribution in [0.4, 0.5) is 0 Å². The predicted octanol–water partition coefficient (Wildman–Crippen LogP) is 7.75. The molecule has 0 N–H and O–H groups in total. The summed E-state index contributed by atoms with van der Waals surface area (Å²) in [6, 6.07) is 35.8. The lowest BCUT2D eigenvalue weighted by atomic mass is 10.1. The fourth-order valence-corrected chi connectivity index (χ4v) is 4.85. The molecule has 0 saturated heterocycles. The zero-order valence-corrected chi connectivity index (χ0v) is 17.2. The molecule has 0 bridgehead atoms. The van der Waals surface area contributed by atoms with Crippen LogP contribution >= 0.6 is 0 Å². The van der Waals surface area contributed by atoms with Crippen LogP contribution in [0.1, 0.15) is 0 Å². The maximum absolute atomic E-state index is 6.45. The molecule has 0 amide bonds. The SMILES string of the molecule is c1ccc(-c2cccc3c2oc2cc(-n4c5ccccc5c5ccccc54)ccc23)nc1. The van der Waals surface area contributed by atoms with Crippen molar-refractivity contribution in [2.45, 2.75) is 0 Å². The third-order valence-corrected chi connectivity index (χ3v) is 6.26. The Labute approximate surface area is 184 Å². The van der Waals surface area contributed by atoms with Crippen molar-refractivity contribution in [3.05, 3.63) is 109 Å². The topological polar surface area (TPSA) is 31.0 Å². The Kier molecular flexibility index (Phi) is 3.55. The zero-order valence-electron chi connectivity index (χ0n) is 17.2. The first-order valence-electron chi connectivity index (χ1n) is 10.7. The van der Waals surface area contributed by atoms with Crippen molar-refractivity contribution in [1.82, 2.24) is 9.55 Å². The van der Waals surface area contributed by atoms with E-state index in [9.17, 15) is 0 Å². The van der Waals surface area contributed by atoms with E-state index in [2.05, 4.69) is 94.5 Å². The summed E-state index contributed by atoms with van der Waals surface area (Å²) >= 11 is 0. The van der Waals surface area contributed by atoms with Gasteiger partial charge in [-0.25, -0.2) is 0 Å². The minimum absolute atomic E-state index is 0.876. The predicted molar refractivity (Wildman–Crippen MR) is 131 cm³/mol. The van der Waals surface area contributed by atoms with Crippen molar-refractivity contribution < 1.29 is 4.42 Å². The van der Waals surface area contributed by atoms with Crippen molar-refractivity contribution in [3.8, 4) is 16.9 Å². The molecule has 0 spiro atoms. The highest BCUT2D eigenvalue weighted by Gasteiger charge is 2.15. The number of fused-ring (bicyclic) bond motifs is 6. The molecule has 4 aromatic carbocycles. The maximum Gasteiger partial charge on any atom is 0.144 e. The van der Waals surface area contributed by atoms with Crippen molar-refractivity contribution in [2.24, 2.45) is 0 Å². The van der Waals surface area contributed by atoms with E-state index in [0.29, 0.717) is 0 Å². The Morgan fingerprint density at radius 3 is 2.06 bits per heavy atom. The van der Waals surface area contributed by atoms with E-state index >= 15 is 0 Å². The third-order valence-electron chi connectivity index (χ3n) is 6.26. The lowest BCUT2D eigenvalue weighted by molar-refractivity contribution is 0.669. The molecule has 0 saturated carbocycles. The molecule has 7 rings (SSSR count). The monoisotopic (exact) mass is 410 g/mol. The van der Waals surface area contributed by atoms with Crippen LogP contribution in [-0.2, 0) is 0 Å². The van der Waals surface area contributed by atoms with Crippen LogP contribution in [0.5, 0.6) is 0 Å². The lowest BCUT2D eigenvalue weighted by Gasteiger charge is -2.07. The van der Waals surface area contributed by atoms with Crippen LogP contribution < -0.4 is 0 Å². The summed E-state index contributed by atoms with van der Waals surface area (Å²) in [5.41, 5.74) is 7.16. The van der Waals surface area contributed by atoms with Crippen LogP contribution in [0, 0.1) is 0 Å². The van der Waals surface area contributed by atoms with E-state index < -0.39 is 0 Å². The first-order chi connectivity index (χ1) is 15.9. The standard InChI is InChI=1S/C29H18N2O/c1-3-13-26-20(8-1)21-9-2-4-14-27(21)31(26)19-15-16-22-23-10-7-11-24(25-12-5-6-17-30-25)29(23)32-28(22)18-19/h1-18H. The number of benzene rings is 4. The van der Waals surface area contributed by atoms with Gasteiger partial charge < -0.3 is 8.98 Å². The Balaban J connectivity index is 1.52.